The van der Waals surface area contributed by atoms with Gasteiger partial charge in [0.25, 0.3) is 0 Å². The summed E-state index contributed by atoms with van der Waals surface area (Å²) in [6, 6.07) is 3.15. The van der Waals surface area contributed by atoms with Crippen molar-refractivity contribution >= 4 is 21.6 Å². The summed E-state index contributed by atoms with van der Waals surface area (Å²) < 4.78 is 29.6. The number of amides is 1. The third-order valence-electron chi connectivity index (χ3n) is 3.08. The SMILES string of the molecule is CCS(=O)(=O)c1cc(C(C)(C)C)cc(NC(=O)O)c1OC. The number of carbonyl (C=O) groups is 1. The lowest BCUT2D eigenvalue weighted by Gasteiger charge is -2.23. The van der Waals surface area contributed by atoms with Gasteiger partial charge in [0.05, 0.1) is 18.6 Å². The van der Waals surface area contributed by atoms with Gasteiger partial charge in [0, 0.05) is 0 Å². The Balaban J connectivity index is 3.72. The third-order valence-corrected chi connectivity index (χ3v) is 4.82. The summed E-state index contributed by atoms with van der Waals surface area (Å²) in [6.07, 6.45) is -1.28. The van der Waals surface area contributed by atoms with Crippen molar-refractivity contribution in [3.63, 3.8) is 0 Å². The summed E-state index contributed by atoms with van der Waals surface area (Å²) in [5.74, 6) is -0.0732. The molecule has 6 nitrogen and oxygen atoms in total. The van der Waals surface area contributed by atoms with E-state index in [9.17, 15) is 13.2 Å². The van der Waals surface area contributed by atoms with E-state index in [1.54, 1.807) is 12.1 Å². The Morgan fingerprint density at radius 2 is 1.90 bits per heavy atom. The third kappa shape index (κ3) is 3.87. The molecule has 118 valence electrons. The van der Waals surface area contributed by atoms with Crippen LogP contribution in [0, 0.1) is 0 Å². The Labute approximate surface area is 125 Å². The van der Waals surface area contributed by atoms with Crippen LogP contribution >= 0.6 is 0 Å². The number of methoxy groups -OCH3 is 1. The van der Waals surface area contributed by atoms with Crippen molar-refractivity contribution in [2.24, 2.45) is 0 Å². The van der Waals surface area contributed by atoms with Crippen LogP contribution in [0.2, 0.25) is 0 Å². The molecule has 1 aromatic carbocycles. The van der Waals surface area contributed by atoms with Crippen molar-refractivity contribution in [2.45, 2.75) is 38.0 Å². The van der Waals surface area contributed by atoms with Crippen LogP contribution in [-0.2, 0) is 15.3 Å². The number of benzene rings is 1. The lowest BCUT2D eigenvalue weighted by molar-refractivity contribution is 0.209. The topological polar surface area (TPSA) is 92.7 Å². The zero-order chi connectivity index (χ0) is 16.4. The molecule has 0 fully saturated rings. The molecule has 2 N–H and O–H groups in total. The van der Waals surface area contributed by atoms with Gasteiger partial charge < -0.3 is 9.84 Å². The minimum Gasteiger partial charge on any atom is -0.493 e. The molecule has 1 amide bonds. The first-order chi connectivity index (χ1) is 9.52. The zero-order valence-electron chi connectivity index (χ0n) is 12.9. The van der Waals surface area contributed by atoms with Crippen LogP contribution < -0.4 is 10.1 Å². The molecule has 0 saturated carbocycles. The highest BCUT2D eigenvalue weighted by Crippen LogP contribution is 2.38. The van der Waals surface area contributed by atoms with Gasteiger partial charge in [0.15, 0.2) is 15.6 Å². The maximum absolute atomic E-state index is 12.2. The second-order valence-corrected chi connectivity index (χ2v) is 7.89. The molecule has 0 atom stereocenters. The van der Waals surface area contributed by atoms with Gasteiger partial charge in [-0.3, -0.25) is 5.32 Å². The second-order valence-electron chi connectivity index (χ2n) is 5.64. The normalized spacial score (nSPS) is 12.0. The number of sulfone groups is 1. The van der Waals surface area contributed by atoms with E-state index in [2.05, 4.69) is 5.32 Å². The molecule has 0 aliphatic carbocycles. The number of hydrogen-bond acceptors (Lipinski definition) is 4. The van der Waals surface area contributed by atoms with Crippen LogP contribution in [-0.4, -0.2) is 32.5 Å². The molecule has 0 bridgehead atoms. The van der Waals surface area contributed by atoms with Gasteiger partial charge in [0.2, 0.25) is 0 Å². The summed E-state index contributed by atoms with van der Waals surface area (Å²) in [5.41, 5.74) is 0.502. The number of hydrogen-bond donors (Lipinski definition) is 2. The highest BCUT2D eigenvalue weighted by atomic mass is 32.2. The maximum Gasteiger partial charge on any atom is 0.409 e. The van der Waals surface area contributed by atoms with E-state index in [0.717, 1.165) is 0 Å². The molecule has 1 rings (SSSR count). The quantitative estimate of drug-likeness (QED) is 0.891. The first kappa shape index (κ1) is 17.3. The van der Waals surface area contributed by atoms with Crippen molar-refractivity contribution in [3.05, 3.63) is 17.7 Å². The number of rotatable bonds is 4. The van der Waals surface area contributed by atoms with Crippen molar-refractivity contribution in [2.75, 3.05) is 18.2 Å². The summed E-state index contributed by atoms with van der Waals surface area (Å²) in [6.45, 7) is 7.29. The predicted molar refractivity (Wildman–Crippen MR) is 81.1 cm³/mol. The molecule has 7 heteroatoms. The molecular formula is C14H21NO5S. The molecule has 0 aliphatic rings. The van der Waals surface area contributed by atoms with Gasteiger partial charge in [0.1, 0.15) is 4.90 Å². The zero-order valence-corrected chi connectivity index (χ0v) is 13.7. The fourth-order valence-electron chi connectivity index (χ4n) is 1.84. The van der Waals surface area contributed by atoms with Crippen LogP contribution in [0.15, 0.2) is 17.0 Å². The van der Waals surface area contributed by atoms with Crippen molar-refractivity contribution in [1.82, 2.24) is 0 Å². The van der Waals surface area contributed by atoms with Gasteiger partial charge in [-0.05, 0) is 23.1 Å². The van der Waals surface area contributed by atoms with E-state index in [0.29, 0.717) is 5.56 Å². The number of carboxylic acid groups (broad SMARTS) is 1. The van der Waals surface area contributed by atoms with Gasteiger partial charge in [-0.2, -0.15) is 0 Å². The molecule has 0 saturated heterocycles. The van der Waals surface area contributed by atoms with E-state index in [1.165, 1.54) is 14.0 Å². The minimum atomic E-state index is -3.54. The summed E-state index contributed by atoms with van der Waals surface area (Å²) in [7, 11) is -2.23. The summed E-state index contributed by atoms with van der Waals surface area (Å²) in [4.78, 5) is 10.9. The molecule has 0 unspecified atom stereocenters. The highest BCUT2D eigenvalue weighted by Gasteiger charge is 2.26. The average molecular weight is 315 g/mol. The minimum absolute atomic E-state index is 0.00340. The fraction of sp³-hybridized carbons (Fsp3) is 0.500. The van der Waals surface area contributed by atoms with Gasteiger partial charge in [-0.25, -0.2) is 13.2 Å². The lowest BCUT2D eigenvalue weighted by atomic mass is 9.86. The Hall–Kier alpha value is -1.76. The Morgan fingerprint density at radius 3 is 2.29 bits per heavy atom. The van der Waals surface area contributed by atoms with Crippen molar-refractivity contribution in [3.8, 4) is 5.75 Å². The van der Waals surface area contributed by atoms with Crippen LogP contribution in [0.3, 0.4) is 0 Å². The molecule has 21 heavy (non-hydrogen) atoms. The summed E-state index contributed by atoms with van der Waals surface area (Å²) >= 11 is 0. The average Bonchev–Trinajstić information content (AvgIpc) is 2.36. The molecule has 0 spiro atoms. The predicted octanol–water partition coefficient (Wildman–Crippen LogP) is 2.88. The van der Waals surface area contributed by atoms with Gasteiger partial charge in [-0.1, -0.05) is 27.7 Å². The number of anilines is 1. The standard InChI is InChI=1S/C14H21NO5S/c1-6-21(18,19)11-8-9(14(2,3)4)7-10(12(11)20-5)15-13(16)17/h7-8,15H,6H2,1-5H3,(H,16,17). The maximum atomic E-state index is 12.2. The van der Waals surface area contributed by atoms with Crippen molar-refractivity contribution in [1.29, 1.82) is 0 Å². The largest absolute Gasteiger partial charge is 0.493 e. The second kappa shape index (κ2) is 5.93. The summed E-state index contributed by atoms with van der Waals surface area (Å²) in [5, 5.41) is 11.1. The Morgan fingerprint density at radius 1 is 1.33 bits per heavy atom. The van der Waals surface area contributed by atoms with Crippen LogP contribution in [0.25, 0.3) is 0 Å². The Kier molecular flexibility index (Phi) is 4.88. The van der Waals surface area contributed by atoms with Gasteiger partial charge in [-0.15, -0.1) is 0 Å². The van der Waals surface area contributed by atoms with E-state index < -0.39 is 15.9 Å². The first-order valence-corrected chi connectivity index (χ1v) is 8.13. The van der Waals surface area contributed by atoms with Gasteiger partial charge >= 0.3 is 6.09 Å². The van der Waals surface area contributed by atoms with Crippen LogP contribution in [0.1, 0.15) is 33.3 Å². The van der Waals surface area contributed by atoms with E-state index >= 15 is 0 Å². The molecule has 0 aliphatic heterocycles. The van der Waals surface area contributed by atoms with Crippen molar-refractivity contribution < 1.29 is 23.1 Å². The Bertz CT molecular complexity index is 644. The van der Waals surface area contributed by atoms with Crippen LogP contribution in [0.4, 0.5) is 10.5 Å². The monoisotopic (exact) mass is 315 g/mol. The smallest absolute Gasteiger partial charge is 0.409 e. The molecule has 0 aromatic heterocycles. The first-order valence-electron chi connectivity index (χ1n) is 6.48. The number of nitrogens with one attached hydrogen (secondary N) is 1. The van der Waals surface area contributed by atoms with E-state index in [1.807, 2.05) is 20.8 Å². The molecular weight excluding hydrogens is 294 g/mol. The molecule has 0 radical (unpaired) electrons. The van der Waals surface area contributed by atoms with E-state index in [4.69, 9.17) is 9.84 Å². The van der Waals surface area contributed by atoms with Crippen LogP contribution in [0.5, 0.6) is 5.75 Å². The highest BCUT2D eigenvalue weighted by molar-refractivity contribution is 7.91. The molecule has 1 aromatic rings. The number of ether oxygens (including phenoxy) is 1. The fourth-order valence-corrected chi connectivity index (χ4v) is 2.93. The van der Waals surface area contributed by atoms with E-state index in [-0.39, 0.29) is 27.5 Å². The molecule has 0 heterocycles. The lowest BCUT2D eigenvalue weighted by Crippen LogP contribution is -2.17.